The van der Waals surface area contributed by atoms with Crippen LogP contribution in [-0.2, 0) is 9.59 Å². The van der Waals surface area contributed by atoms with Gasteiger partial charge in [0.15, 0.2) is 0 Å². The largest absolute Gasteiger partial charge is 0.480 e. The third-order valence-electron chi connectivity index (χ3n) is 2.86. The van der Waals surface area contributed by atoms with Crippen molar-refractivity contribution in [1.29, 1.82) is 0 Å². The number of amides is 1. The first-order valence-corrected chi connectivity index (χ1v) is 6.16. The minimum atomic E-state index is -0.972. The quantitative estimate of drug-likeness (QED) is 0.596. The summed E-state index contributed by atoms with van der Waals surface area (Å²) in [6.45, 7) is 5.61. The van der Waals surface area contributed by atoms with E-state index in [2.05, 4.69) is 5.32 Å². The molecule has 0 saturated carbocycles. The van der Waals surface area contributed by atoms with E-state index < -0.39 is 12.0 Å². The van der Waals surface area contributed by atoms with Gasteiger partial charge in [-0.3, -0.25) is 4.79 Å². The van der Waals surface area contributed by atoms with Crippen molar-refractivity contribution in [2.45, 2.75) is 58.5 Å². The van der Waals surface area contributed by atoms with E-state index >= 15 is 0 Å². The molecule has 0 spiro atoms. The van der Waals surface area contributed by atoms with Gasteiger partial charge >= 0.3 is 5.97 Å². The Balaban J connectivity index is 4.09. The standard InChI is InChI=1S/C12H24N2O3/c1-4-8(2)11(12(16)17)14-10(15)7-5-6-9(3)13/h8-9,11H,4-7,13H2,1-3H3,(H,14,15)(H,16,17)/t8?,9?,11-/m0/s1. The molecule has 0 bridgehead atoms. The number of nitrogens with one attached hydrogen (secondary N) is 1. The monoisotopic (exact) mass is 244 g/mol. The Kier molecular flexibility index (Phi) is 7.54. The van der Waals surface area contributed by atoms with E-state index in [1.165, 1.54) is 0 Å². The van der Waals surface area contributed by atoms with Crippen LogP contribution in [-0.4, -0.2) is 29.1 Å². The molecule has 1 amide bonds. The van der Waals surface area contributed by atoms with E-state index in [0.717, 1.165) is 12.8 Å². The summed E-state index contributed by atoms with van der Waals surface area (Å²) < 4.78 is 0. The van der Waals surface area contributed by atoms with Gasteiger partial charge in [-0.25, -0.2) is 4.79 Å². The molecule has 0 heterocycles. The Morgan fingerprint density at radius 1 is 1.35 bits per heavy atom. The maximum absolute atomic E-state index is 11.5. The lowest BCUT2D eigenvalue weighted by Gasteiger charge is -2.20. The summed E-state index contributed by atoms with van der Waals surface area (Å²) in [6.07, 6.45) is 2.52. The second kappa shape index (κ2) is 8.06. The average Bonchev–Trinajstić information content (AvgIpc) is 2.24. The predicted octanol–water partition coefficient (Wildman–Crippen LogP) is 1.12. The van der Waals surface area contributed by atoms with Crippen LogP contribution < -0.4 is 11.1 Å². The number of aliphatic carboxylic acids is 1. The van der Waals surface area contributed by atoms with Gasteiger partial charge in [0, 0.05) is 12.5 Å². The highest BCUT2D eigenvalue weighted by molar-refractivity contribution is 5.83. The highest BCUT2D eigenvalue weighted by Gasteiger charge is 2.24. The normalized spacial score (nSPS) is 16.0. The summed E-state index contributed by atoms with van der Waals surface area (Å²) in [4.78, 5) is 22.5. The van der Waals surface area contributed by atoms with Gasteiger partial charge in [-0.15, -0.1) is 0 Å². The summed E-state index contributed by atoms with van der Waals surface area (Å²) in [6, 6.07) is -0.713. The average molecular weight is 244 g/mol. The minimum Gasteiger partial charge on any atom is -0.480 e. The molecule has 2 unspecified atom stereocenters. The Morgan fingerprint density at radius 3 is 2.35 bits per heavy atom. The summed E-state index contributed by atoms with van der Waals surface area (Å²) in [5.41, 5.74) is 5.57. The van der Waals surface area contributed by atoms with E-state index in [9.17, 15) is 9.59 Å². The summed E-state index contributed by atoms with van der Waals surface area (Å²) in [5.74, 6) is -1.25. The van der Waals surface area contributed by atoms with Crippen LogP contribution in [0.4, 0.5) is 0 Å². The van der Waals surface area contributed by atoms with Gasteiger partial charge in [-0.1, -0.05) is 20.3 Å². The third-order valence-corrected chi connectivity index (χ3v) is 2.86. The zero-order valence-electron chi connectivity index (χ0n) is 10.9. The molecule has 0 aliphatic heterocycles. The minimum absolute atomic E-state index is 0.0649. The molecule has 0 radical (unpaired) electrons. The Labute approximate surface area is 103 Å². The number of carboxylic acids is 1. The summed E-state index contributed by atoms with van der Waals surface area (Å²) >= 11 is 0. The molecule has 0 aromatic carbocycles. The van der Waals surface area contributed by atoms with Gasteiger partial charge in [0.05, 0.1) is 0 Å². The van der Waals surface area contributed by atoms with E-state index in [0.29, 0.717) is 12.8 Å². The molecule has 100 valence electrons. The Bertz CT molecular complexity index is 254. The van der Waals surface area contributed by atoms with Crippen LogP contribution in [0.15, 0.2) is 0 Å². The highest BCUT2D eigenvalue weighted by atomic mass is 16.4. The summed E-state index contributed by atoms with van der Waals surface area (Å²) in [5, 5.41) is 11.6. The van der Waals surface area contributed by atoms with Gasteiger partial charge in [-0.05, 0) is 25.7 Å². The molecule has 5 nitrogen and oxygen atoms in total. The molecule has 0 rings (SSSR count). The number of carboxylic acid groups (broad SMARTS) is 1. The number of carbonyl (C=O) groups is 2. The lowest BCUT2D eigenvalue weighted by Crippen LogP contribution is -2.45. The maximum Gasteiger partial charge on any atom is 0.326 e. The van der Waals surface area contributed by atoms with Crippen LogP contribution in [0.3, 0.4) is 0 Å². The van der Waals surface area contributed by atoms with Crippen LogP contribution in [0.25, 0.3) is 0 Å². The van der Waals surface area contributed by atoms with E-state index in [1.807, 2.05) is 20.8 Å². The molecule has 0 aliphatic rings. The number of hydrogen-bond donors (Lipinski definition) is 3. The molecule has 0 aromatic heterocycles. The maximum atomic E-state index is 11.5. The molecule has 5 heteroatoms. The van der Waals surface area contributed by atoms with Crippen molar-refractivity contribution in [2.24, 2.45) is 11.7 Å². The van der Waals surface area contributed by atoms with Crippen LogP contribution in [0.1, 0.15) is 46.5 Å². The molecular formula is C12H24N2O3. The third kappa shape index (κ3) is 6.94. The van der Waals surface area contributed by atoms with Crippen molar-refractivity contribution < 1.29 is 14.7 Å². The smallest absolute Gasteiger partial charge is 0.326 e. The van der Waals surface area contributed by atoms with Gasteiger partial charge in [-0.2, -0.15) is 0 Å². The Morgan fingerprint density at radius 2 is 1.94 bits per heavy atom. The zero-order chi connectivity index (χ0) is 13.4. The Hall–Kier alpha value is -1.10. The lowest BCUT2D eigenvalue weighted by atomic mass is 9.99. The van der Waals surface area contributed by atoms with Crippen molar-refractivity contribution in [3.05, 3.63) is 0 Å². The molecule has 17 heavy (non-hydrogen) atoms. The molecule has 0 aromatic rings. The van der Waals surface area contributed by atoms with Gasteiger partial charge in [0.25, 0.3) is 0 Å². The molecule has 0 fully saturated rings. The van der Waals surface area contributed by atoms with Crippen molar-refractivity contribution >= 4 is 11.9 Å². The molecule has 4 N–H and O–H groups in total. The van der Waals surface area contributed by atoms with Crippen molar-refractivity contribution in [3.63, 3.8) is 0 Å². The fourth-order valence-corrected chi connectivity index (χ4v) is 1.51. The van der Waals surface area contributed by atoms with Gasteiger partial charge < -0.3 is 16.2 Å². The SMILES string of the molecule is CCC(C)[C@H](NC(=O)CCCC(C)N)C(=O)O. The molecule has 0 saturated heterocycles. The van der Waals surface area contributed by atoms with E-state index in [-0.39, 0.29) is 17.9 Å². The van der Waals surface area contributed by atoms with Crippen molar-refractivity contribution in [2.75, 3.05) is 0 Å². The zero-order valence-corrected chi connectivity index (χ0v) is 10.9. The fraction of sp³-hybridized carbons (Fsp3) is 0.833. The van der Waals surface area contributed by atoms with Crippen molar-refractivity contribution in [1.82, 2.24) is 5.32 Å². The number of nitrogens with two attached hydrogens (primary N) is 1. The number of carbonyl (C=O) groups excluding carboxylic acids is 1. The molecule has 0 aliphatic carbocycles. The first-order valence-electron chi connectivity index (χ1n) is 6.16. The van der Waals surface area contributed by atoms with Gasteiger partial charge in [0.2, 0.25) is 5.91 Å². The first kappa shape index (κ1) is 15.9. The predicted molar refractivity (Wildman–Crippen MR) is 66.5 cm³/mol. The topological polar surface area (TPSA) is 92.4 Å². The fourth-order valence-electron chi connectivity index (χ4n) is 1.51. The van der Waals surface area contributed by atoms with Crippen LogP contribution in [0, 0.1) is 5.92 Å². The van der Waals surface area contributed by atoms with E-state index in [4.69, 9.17) is 10.8 Å². The first-order chi connectivity index (χ1) is 7.88. The summed E-state index contributed by atoms with van der Waals surface area (Å²) in [7, 11) is 0. The molecule has 3 atom stereocenters. The molecular weight excluding hydrogens is 220 g/mol. The second-order valence-electron chi connectivity index (χ2n) is 4.64. The second-order valence-corrected chi connectivity index (χ2v) is 4.64. The highest BCUT2D eigenvalue weighted by Crippen LogP contribution is 2.08. The van der Waals surface area contributed by atoms with Gasteiger partial charge in [0.1, 0.15) is 6.04 Å². The van der Waals surface area contributed by atoms with Crippen LogP contribution in [0.2, 0.25) is 0 Å². The van der Waals surface area contributed by atoms with Crippen LogP contribution in [0.5, 0.6) is 0 Å². The van der Waals surface area contributed by atoms with Crippen molar-refractivity contribution in [3.8, 4) is 0 Å². The van der Waals surface area contributed by atoms with E-state index in [1.54, 1.807) is 0 Å². The number of hydrogen-bond acceptors (Lipinski definition) is 3. The van der Waals surface area contributed by atoms with Crippen LogP contribution >= 0.6 is 0 Å². The lowest BCUT2D eigenvalue weighted by molar-refractivity contribution is -0.143. The number of rotatable bonds is 8.